The van der Waals surface area contributed by atoms with Gasteiger partial charge in [-0.15, -0.1) is 0 Å². The summed E-state index contributed by atoms with van der Waals surface area (Å²) in [6.07, 6.45) is 0.903. The summed E-state index contributed by atoms with van der Waals surface area (Å²) in [5, 5.41) is 0. The highest BCUT2D eigenvalue weighted by Gasteiger charge is 2.28. The normalized spacial score (nSPS) is 11.4. The van der Waals surface area contributed by atoms with E-state index in [-0.39, 0.29) is 6.03 Å². The topological polar surface area (TPSA) is 42.0 Å². The number of amides is 2. The first-order chi connectivity index (χ1) is 7.36. The fraction of sp³-hybridized carbons (Fsp3) is 0.900. The van der Waals surface area contributed by atoms with E-state index in [0.717, 1.165) is 19.0 Å². The third kappa shape index (κ3) is 4.96. The minimum absolute atomic E-state index is 0.0261. The van der Waals surface area contributed by atoms with Crippen molar-refractivity contribution >= 4 is 14.6 Å². The minimum atomic E-state index is -1.98. The van der Waals surface area contributed by atoms with Gasteiger partial charge in [0, 0.05) is 41.9 Å². The van der Waals surface area contributed by atoms with Crippen LogP contribution in [0.4, 0.5) is 4.79 Å². The van der Waals surface area contributed by atoms with Crippen molar-refractivity contribution in [2.75, 3.05) is 41.9 Å². The number of carbonyl (C=O) groups excluding carboxylic acids is 1. The monoisotopic (exact) mass is 248 g/mol. The van der Waals surface area contributed by atoms with E-state index in [9.17, 15) is 4.79 Å². The third-order valence-corrected chi connectivity index (χ3v) is 5.69. The van der Waals surface area contributed by atoms with Crippen LogP contribution in [0, 0.1) is 0 Å². The van der Waals surface area contributed by atoms with Crippen LogP contribution >= 0.6 is 0 Å². The lowest BCUT2D eigenvalue weighted by molar-refractivity contribution is 0.181. The fourth-order valence-corrected chi connectivity index (χ4v) is 2.74. The molecule has 0 aromatic rings. The molecule has 0 bridgehead atoms. The number of rotatable bonds is 6. The van der Waals surface area contributed by atoms with E-state index in [1.165, 1.54) is 0 Å². The van der Waals surface area contributed by atoms with Crippen LogP contribution in [0.5, 0.6) is 0 Å². The third-order valence-electron chi connectivity index (χ3n) is 2.70. The lowest BCUT2D eigenvalue weighted by atomic mass is 10.4. The second-order valence-electron chi connectivity index (χ2n) is 4.24. The van der Waals surface area contributed by atoms with E-state index in [1.807, 2.05) is 6.55 Å². The molecule has 0 rings (SSSR count). The smallest absolute Gasteiger partial charge is 0.334 e. The maximum atomic E-state index is 11.5. The molecule has 0 fully saturated rings. The van der Waals surface area contributed by atoms with Crippen LogP contribution in [0.2, 0.25) is 12.6 Å². The maximum absolute atomic E-state index is 11.5. The van der Waals surface area contributed by atoms with Gasteiger partial charge in [0.1, 0.15) is 0 Å². The summed E-state index contributed by atoms with van der Waals surface area (Å²) in [6, 6.07) is 0.920. The highest BCUT2D eigenvalue weighted by atomic mass is 28.4. The number of urea groups is 1. The lowest BCUT2D eigenvalue weighted by Gasteiger charge is -2.25. The van der Waals surface area contributed by atoms with Crippen molar-refractivity contribution in [1.29, 1.82) is 0 Å². The van der Waals surface area contributed by atoms with Gasteiger partial charge in [-0.3, -0.25) is 0 Å². The summed E-state index contributed by atoms with van der Waals surface area (Å²) < 4.78 is 10.8. The predicted octanol–water partition coefficient (Wildman–Crippen LogP) is 1.35. The molecule has 96 valence electrons. The van der Waals surface area contributed by atoms with E-state index in [0.29, 0.717) is 0 Å². The lowest BCUT2D eigenvalue weighted by Crippen LogP contribution is -2.39. The van der Waals surface area contributed by atoms with Gasteiger partial charge in [0.2, 0.25) is 0 Å². The largest absolute Gasteiger partial charge is 0.398 e. The maximum Gasteiger partial charge on any atom is 0.334 e. The molecule has 0 radical (unpaired) electrons. The highest BCUT2D eigenvalue weighted by molar-refractivity contribution is 6.65. The molecule has 0 saturated heterocycles. The van der Waals surface area contributed by atoms with Crippen molar-refractivity contribution in [3.8, 4) is 0 Å². The Balaban J connectivity index is 3.94. The van der Waals surface area contributed by atoms with Gasteiger partial charge in [0.25, 0.3) is 0 Å². The van der Waals surface area contributed by atoms with Crippen LogP contribution in [0.15, 0.2) is 0 Å². The van der Waals surface area contributed by atoms with Gasteiger partial charge in [-0.2, -0.15) is 0 Å². The van der Waals surface area contributed by atoms with E-state index < -0.39 is 8.56 Å². The van der Waals surface area contributed by atoms with Gasteiger partial charge in [0.15, 0.2) is 0 Å². The molecule has 0 aliphatic rings. The Morgan fingerprint density at radius 3 is 2.06 bits per heavy atom. The Bertz CT molecular complexity index is 220. The summed E-state index contributed by atoms with van der Waals surface area (Å²) in [4.78, 5) is 14.8. The average molecular weight is 248 g/mol. The summed E-state index contributed by atoms with van der Waals surface area (Å²) in [6.45, 7) is 2.76. The second kappa shape index (κ2) is 6.88. The molecule has 0 aliphatic heterocycles. The highest BCUT2D eigenvalue weighted by Crippen LogP contribution is 2.13. The zero-order chi connectivity index (χ0) is 12.8. The van der Waals surface area contributed by atoms with Crippen LogP contribution in [-0.4, -0.2) is 66.3 Å². The molecule has 0 N–H and O–H groups in total. The zero-order valence-electron chi connectivity index (χ0n) is 11.2. The van der Waals surface area contributed by atoms with Gasteiger partial charge in [-0.25, -0.2) is 4.79 Å². The van der Waals surface area contributed by atoms with Crippen LogP contribution in [0.25, 0.3) is 0 Å². The summed E-state index contributed by atoms with van der Waals surface area (Å²) >= 11 is 0. The molecule has 0 aromatic carbocycles. The Labute approximate surface area is 99.6 Å². The van der Waals surface area contributed by atoms with E-state index >= 15 is 0 Å². The molecule has 0 aromatic heterocycles. The molecule has 2 amide bonds. The van der Waals surface area contributed by atoms with Gasteiger partial charge >= 0.3 is 14.6 Å². The summed E-state index contributed by atoms with van der Waals surface area (Å²) in [5.74, 6) is 0. The van der Waals surface area contributed by atoms with Crippen molar-refractivity contribution in [2.45, 2.75) is 19.0 Å². The van der Waals surface area contributed by atoms with Crippen molar-refractivity contribution in [2.24, 2.45) is 0 Å². The molecule has 5 nitrogen and oxygen atoms in total. The van der Waals surface area contributed by atoms with E-state index in [1.54, 1.807) is 45.2 Å². The summed E-state index contributed by atoms with van der Waals surface area (Å²) in [7, 11) is 6.70. The van der Waals surface area contributed by atoms with Crippen molar-refractivity contribution in [3.05, 3.63) is 0 Å². The summed E-state index contributed by atoms with van der Waals surface area (Å²) in [5.41, 5.74) is 0. The number of hydrogen-bond acceptors (Lipinski definition) is 3. The molecule has 16 heavy (non-hydrogen) atoms. The molecular weight excluding hydrogens is 224 g/mol. The van der Waals surface area contributed by atoms with Gasteiger partial charge in [0.05, 0.1) is 0 Å². The van der Waals surface area contributed by atoms with Gasteiger partial charge in [-0.1, -0.05) is 0 Å². The number of nitrogens with zero attached hydrogens (tertiary/aromatic N) is 2. The van der Waals surface area contributed by atoms with Crippen LogP contribution in [0.1, 0.15) is 6.42 Å². The molecule has 0 spiro atoms. The molecule has 0 unspecified atom stereocenters. The van der Waals surface area contributed by atoms with Crippen molar-refractivity contribution in [1.82, 2.24) is 9.80 Å². The zero-order valence-corrected chi connectivity index (χ0v) is 12.2. The van der Waals surface area contributed by atoms with Crippen molar-refractivity contribution in [3.63, 3.8) is 0 Å². The molecule has 0 heterocycles. The fourth-order valence-electron chi connectivity index (χ4n) is 1.36. The quantitative estimate of drug-likeness (QED) is 0.666. The number of carbonyl (C=O) groups is 1. The van der Waals surface area contributed by atoms with E-state index in [4.69, 9.17) is 8.85 Å². The molecule has 6 heteroatoms. The molecule has 0 aliphatic carbocycles. The Morgan fingerprint density at radius 1 is 1.19 bits per heavy atom. The first kappa shape index (κ1) is 15.4. The second-order valence-corrected chi connectivity index (χ2v) is 7.83. The standard InChI is InChI=1S/C10H24N2O3Si/c1-11(2)10(13)12(3)8-7-9-16(6,14-4)15-5/h7-9H2,1-6H3. The van der Waals surface area contributed by atoms with Crippen LogP contribution in [-0.2, 0) is 8.85 Å². The Kier molecular flexibility index (Phi) is 6.62. The Hall–Kier alpha value is -0.593. The SMILES string of the molecule is CO[Si](C)(CCCN(C)C(=O)N(C)C)OC. The first-order valence-electron chi connectivity index (χ1n) is 5.39. The van der Waals surface area contributed by atoms with Gasteiger partial charge < -0.3 is 18.7 Å². The van der Waals surface area contributed by atoms with Crippen LogP contribution < -0.4 is 0 Å². The molecule has 0 atom stereocenters. The van der Waals surface area contributed by atoms with Crippen molar-refractivity contribution < 1.29 is 13.6 Å². The van der Waals surface area contributed by atoms with Gasteiger partial charge in [-0.05, 0) is 19.0 Å². The Morgan fingerprint density at radius 2 is 1.69 bits per heavy atom. The molecule has 0 saturated carbocycles. The average Bonchev–Trinajstić information content (AvgIpc) is 2.27. The molecular formula is C10H24N2O3Si. The van der Waals surface area contributed by atoms with E-state index in [2.05, 4.69) is 0 Å². The number of hydrogen-bond donors (Lipinski definition) is 0. The predicted molar refractivity (Wildman–Crippen MR) is 66.8 cm³/mol. The first-order valence-corrected chi connectivity index (χ1v) is 7.91. The van der Waals surface area contributed by atoms with Crippen LogP contribution in [0.3, 0.4) is 0 Å². The minimum Gasteiger partial charge on any atom is -0.398 e.